The Balaban J connectivity index is 2.29. The average Bonchev–Trinajstić information content (AvgIpc) is 2.92. The minimum Gasteiger partial charge on any atom is -0.478 e. The van der Waals surface area contributed by atoms with Crippen LogP contribution in [-0.4, -0.2) is 16.8 Å². The highest BCUT2D eigenvalue weighted by Crippen LogP contribution is 2.44. The van der Waals surface area contributed by atoms with Gasteiger partial charge in [-0.15, -0.1) is 0 Å². The number of halogens is 3. The number of hydrogen-bond donors (Lipinski definition) is 1. The van der Waals surface area contributed by atoms with Crippen molar-refractivity contribution in [3.63, 3.8) is 0 Å². The molecular formula is C11H11ClF2O2. The predicted molar refractivity (Wildman–Crippen MR) is 55.6 cm³/mol. The second-order valence-electron chi connectivity index (χ2n) is 4.04. The van der Waals surface area contributed by atoms with Crippen LogP contribution in [0.2, 0.25) is 5.02 Å². The lowest BCUT2D eigenvalue weighted by atomic mass is 10.2. The second-order valence-corrected chi connectivity index (χ2v) is 4.48. The van der Waals surface area contributed by atoms with E-state index >= 15 is 0 Å². The first-order valence-electron chi connectivity index (χ1n) is 4.96. The van der Waals surface area contributed by atoms with Gasteiger partial charge in [-0.1, -0.05) is 11.6 Å². The first-order valence-corrected chi connectivity index (χ1v) is 5.34. The molecule has 5 heteroatoms. The average molecular weight is 249 g/mol. The summed E-state index contributed by atoms with van der Waals surface area (Å²) in [6.07, 6.45) is 0.417. The second kappa shape index (κ2) is 3.86. The molecule has 0 radical (unpaired) electrons. The number of aliphatic hydroxyl groups excluding tert-OH is 1. The molecule has 1 aromatic carbocycles. The van der Waals surface area contributed by atoms with Gasteiger partial charge in [0.05, 0.1) is 6.10 Å². The molecule has 1 saturated carbocycles. The number of aliphatic hydroxyl groups is 1. The molecule has 0 aromatic heterocycles. The fraction of sp³-hybridized carbons (Fsp3) is 0.455. The van der Waals surface area contributed by atoms with E-state index in [0.29, 0.717) is 12.8 Å². The van der Waals surface area contributed by atoms with E-state index in [1.54, 1.807) is 6.92 Å². The SMILES string of the molecule is CC(O)C1(Oc2c(F)cc(Cl)cc2F)CC1. The van der Waals surface area contributed by atoms with Crippen LogP contribution in [0.3, 0.4) is 0 Å². The summed E-state index contributed by atoms with van der Waals surface area (Å²) in [5.41, 5.74) is -0.838. The van der Waals surface area contributed by atoms with Crippen LogP contribution < -0.4 is 4.74 Å². The van der Waals surface area contributed by atoms with Gasteiger partial charge >= 0.3 is 0 Å². The maximum atomic E-state index is 13.4. The fourth-order valence-corrected chi connectivity index (χ4v) is 1.75. The van der Waals surface area contributed by atoms with E-state index in [4.69, 9.17) is 16.3 Å². The Morgan fingerprint density at radius 3 is 2.25 bits per heavy atom. The van der Waals surface area contributed by atoms with Gasteiger partial charge in [0.2, 0.25) is 0 Å². The molecule has 0 saturated heterocycles. The van der Waals surface area contributed by atoms with Crippen molar-refractivity contribution >= 4 is 11.6 Å². The molecule has 0 heterocycles. The Kier molecular flexibility index (Phi) is 2.80. The zero-order valence-electron chi connectivity index (χ0n) is 8.64. The maximum absolute atomic E-state index is 13.4. The van der Waals surface area contributed by atoms with Gasteiger partial charge in [-0.3, -0.25) is 0 Å². The summed E-state index contributed by atoms with van der Waals surface area (Å²) >= 11 is 5.49. The Morgan fingerprint density at radius 1 is 1.38 bits per heavy atom. The van der Waals surface area contributed by atoms with E-state index in [1.165, 1.54) is 0 Å². The first kappa shape index (κ1) is 11.6. The van der Waals surface area contributed by atoms with Crippen molar-refractivity contribution < 1.29 is 18.6 Å². The molecule has 1 unspecified atom stereocenters. The standard InChI is InChI=1S/C11H11ClF2O2/c1-6(15)11(2-3-11)16-10-8(13)4-7(12)5-9(10)14/h4-6,15H,2-3H2,1H3. The Labute approximate surface area is 96.8 Å². The van der Waals surface area contributed by atoms with Gasteiger partial charge in [-0.2, -0.15) is 0 Å². The Bertz CT molecular complexity index is 393. The van der Waals surface area contributed by atoms with E-state index < -0.39 is 29.1 Å². The Morgan fingerprint density at radius 2 is 1.88 bits per heavy atom. The molecular weight excluding hydrogens is 238 g/mol. The van der Waals surface area contributed by atoms with Crippen molar-refractivity contribution in [1.29, 1.82) is 0 Å². The molecule has 1 aliphatic carbocycles. The molecule has 0 aliphatic heterocycles. The molecule has 1 atom stereocenters. The van der Waals surface area contributed by atoms with Crippen LogP contribution in [0.15, 0.2) is 12.1 Å². The van der Waals surface area contributed by atoms with Crippen molar-refractivity contribution in [3.8, 4) is 5.75 Å². The van der Waals surface area contributed by atoms with E-state index in [1.807, 2.05) is 0 Å². The lowest BCUT2D eigenvalue weighted by Gasteiger charge is -2.21. The molecule has 16 heavy (non-hydrogen) atoms. The number of rotatable bonds is 3. The zero-order chi connectivity index (χ0) is 11.9. The normalized spacial score (nSPS) is 19.3. The molecule has 1 aliphatic rings. The topological polar surface area (TPSA) is 29.5 Å². The third-order valence-corrected chi connectivity index (χ3v) is 2.99. The summed E-state index contributed by atoms with van der Waals surface area (Å²) in [5.74, 6) is -2.17. The van der Waals surface area contributed by atoms with Crippen LogP contribution >= 0.6 is 11.6 Å². The molecule has 1 aromatic rings. The van der Waals surface area contributed by atoms with Gasteiger partial charge in [0.1, 0.15) is 5.60 Å². The van der Waals surface area contributed by atoms with Crippen LogP contribution in [0.25, 0.3) is 0 Å². The molecule has 0 bridgehead atoms. The summed E-state index contributed by atoms with van der Waals surface area (Å²) in [6, 6.07) is 1.97. The van der Waals surface area contributed by atoms with Gasteiger partial charge in [0.15, 0.2) is 17.4 Å². The van der Waals surface area contributed by atoms with Gasteiger partial charge in [0.25, 0.3) is 0 Å². The Hall–Kier alpha value is -0.870. The fourth-order valence-electron chi connectivity index (χ4n) is 1.56. The quantitative estimate of drug-likeness (QED) is 0.891. The predicted octanol–water partition coefficient (Wildman–Crippen LogP) is 2.91. The molecule has 0 spiro atoms. The summed E-state index contributed by atoms with van der Waals surface area (Å²) < 4.78 is 32.0. The van der Waals surface area contributed by atoms with Crippen LogP contribution in [0.5, 0.6) is 5.75 Å². The molecule has 88 valence electrons. The van der Waals surface area contributed by atoms with Crippen molar-refractivity contribution in [2.24, 2.45) is 0 Å². The summed E-state index contributed by atoms with van der Waals surface area (Å²) in [6.45, 7) is 1.54. The molecule has 1 N–H and O–H groups in total. The van der Waals surface area contributed by atoms with Crippen molar-refractivity contribution in [3.05, 3.63) is 28.8 Å². The summed E-state index contributed by atoms with van der Waals surface area (Å²) in [5, 5.41) is 9.42. The van der Waals surface area contributed by atoms with E-state index in [9.17, 15) is 13.9 Å². The van der Waals surface area contributed by atoms with Crippen LogP contribution in [-0.2, 0) is 0 Å². The minimum atomic E-state index is -0.850. The summed E-state index contributed by atoms with van der Waals surface area (Å²) in [4.78, 5) is 0. The van der Waals surface area contributed by atoms with Crippen molar-refractivity contribution in [2.45, 2.75) is 31.5 Å². The monoisotopic (exact) mass is 248 g/mol. The third kappa shape index (κ3) is 1.99. The van der Waals surface area contributed by atoms with Crippen molar-refractivity contribution in [2.75, 3.05) is 0 Å². The molecule has 2 nitrogen and oxygen atoms in total. The zero-order valence-corrected chi connectivity index (χ0v) is 9.39. The highest BCUT2D eigenvalue weighted by molar-refractivity contribution is 6.30. The number of benzene rings is 1. The van der Waals surface area contributed by atoms with E-state index in [0.717, 1.165) is 12.1 Å². The van der Waals surface area contributed by atoms with Crippen LogP contribution in [0, 0.1) is 11.6 Å². The van der Waals surface area contributed by atoms with Gasteiger partial charge < -0.3 is 9.84 Å². The smallest absolute Gasteiger partial charge is 0.191 e. The highest BCUT2D eigenvalue weighted by Gasteiger charge is 2.50. The number of ether oxygens (including phenoxy) is 1. The molecule has 2 rings (SSSR count). The lowest BCUT2D eigenvalue weighted by molar-refractivity contribution is 0.0245. The molecule has 0 amide bonds. The minimum absolute atomic E-state index is 0.0238. The first-order chi connectivity index (χ1) is 7.44. The highest BCUT2D eigenvalue weighted by atomic mass is 35.5. The van der Waals surface area contributed by atoms with Crippen LogP contribution in [0.4, 0.5) is 8.78 Å². The largest absolute Gasteiger partial charge is 0.478 e. The summed E-state index contributed by atoms with van der Waals surface area (Å²) in [7, 11) is 0. The van der Waals surface area contributed by atoms with Gasteiger partial charge in [-0.25, -0.2) is 8.78 Å². The molecule has 1 fully saturated rings. The van der Waals surface area contributed by atoms with E-state index in [-0.39, 0.29) is 5.02 Å². The van der Waals surface area contributed by atoms with Gasteiger partial charge in [0, 0.05) is 5.02 Å². The maximum Gasteiger partial charge on any atom is 0.191 e. The van der Waals surface area contributed by atoms with E-state index in [2.05, 4.69) is 0 Å². The van der Waals surface area contributed by atoms with Gasteiger partial charge in [-0.05, 0) is 31.9 Å². The lowest BCUT2D eigenvalue weighted by Crippen LogP contribution is -2.32. The number of hydrogen-bond acceptors (Lipinski definition) is 2. The third-order valence-electron chi connectivity index (χ3n) is 2.77. The van der Waals surface area contributed by atoms with Crippen molar-refractivity contribution in [1.82, 2.24) is 0 Å². The van der Waals surface area contributed by atoms with Crippen LogP contribution in [0.1, 0.15) is 19.8 Å².